The monoisotopic (exact) mass is 296 g/mol. The van der Waals surface area contributed by atoms with Gasteiger partial charge in [0.25, 0.3) is 0 Å². The zero-order chi connectivity index (χ0) is 14.7. The molecule has 0 aromatic carbocycles. The average Bonchev–Trinajstić information content (AvgIpc) is 2.99. The number of aryl methyl sites for hydroxylation is 2. The molecule has 0 amide bonds. The van der Waals surface area contributed by atoms with E-state index in [4.69, 9.17) is 10.9 Å². The van der Waals surface area contributed by atoms with E-state index in [9.17, 15) is 4.79 Å². The van der Waals surface area contributed by atoms with E-state index in [-0.39, 0.29) is 5.75 Å². The molecule has 0 saturated carbocycles. The van der Waals surface area contributed by atoms with Crippen LogP contribution in [-0.2, 0) is 17.8 Å². The Kier molecular flexibility index (Phi) is 4.28. The fourth-order valence-electron chi connectivity index (χ4n) is 1.74. The molecule has 0 atom stereocenters. The lowest BCUT2D eigenvalue weighted by molar-refractivity contribution is -0.133. The predicted molar refractivity (Wildman–Crippen MR) is 74.8 cm³/mol. The number of hydrogen-bond acceptors (Lipinski definition) is 6. The number of aliphatic carboxylic acids is 1. The first kappa shape index (κ1) is 14.4. The summed E-state index contributed by atoms with van der Waals surface area (Å²) in [7, 11) is 0. The minimum absolute atomic E-state index is 0.109. The van der Waals surface area contributed by atoms with Gasteiger partial charge < -0.3 is 10.9 Å². The molecule has 9 heteroatoms. The van der Waals surface area contributed by atoms with E-state index in [1.54, 1.807) is 4.68 Å². The molecule has 2 aromatic heterocycles. The third kappa shape index (κ3) is 2.77. The summed E-state index contributed by atoms with van der Waals surface area (Å²) in [6.45, 7) is 4.69. The summed E-state index contributed by atoms with van der Waals surface area (Å²) in [5.74, 6) is 5.38. The number of nitrogens with two attached hydrogens (primary N) is 1. The van der Waals surface area contributed by atoms with Gasteiger partial charge >= 0.3 is 5.97 Å². The first-order valence-electron chi connectivity index (χ1n) is 6.19. The maximum absolute atomic E-state index is 10.6. The number of nitrogens with zero attached hydrogens (tertiary/aromatic N) is 5. The van der Waals surface area contributed by atoms with Gasteiger partial charge in [0.1, 0.15) is 5.69 Å². The third-order valence-corrected chi connectivity index (χ3v) is 3.64. The minimum Gasteiger partial charge on any atom is -0.481 e. The number of aromatic nitrogens is 5. The van der Waals surface area contributed by atoms with Crippen LogP contribution in [0, 0.1) is 0 Å². The van der Waals surface area contributed by atoms with E-state index in [0.29, 0.717) is 17.5 Å². The number of thioether (sulfide) groups is 1. The van der Waals surface area contributed by atoms with Gasteiger partial charge in [-0.2, -0.15) is 5.10 Å². The number of hydrogen-bond donors (Lipinski definition) is 2. The molecular formula is C11H16N6O2S. The van der Waals surface area contributed by atoms with Crippen molar-refractivity contribution in [2.45, 2.75) is 32.0 Å². The Hall–Kier alpha value is -2.03. The van der Waals surface area contributed by atoms with E-state index < -0.39 is 5.97 Å². The highest BCUT2D eigenvalue weighted by molar-refractivity contribution is 7.99. The van der Waals surface area contributed by atoms with Crippen LogP contribution in [0.1, 0.15) is 19.5 Å². The number of nitrogen functional groups attached to an aromatic ring is 1. The van der Waals surface area contributed by atoms with Gasteiger partial charge in [-0.25, -0.2) is 4.68 Å². The first-order valence-corrected chi connectivity index (χ1v) is 7.17. The minimum atomic E-state index is -0.925. The Labute approximate surface area is 120 Å². The van der Waals surface area contributed by atoms with Crippen LogP contribution >= 0.6 is 11.8 Å². The van der Waals surface area contributed by atoms with Crippen LogP contribution in [0.25, 0.3) is 11.5 Å². The number of carboxylic acid groups (broad SMARTS) is 1. The maximum Gasteiger partial charge on any atom is 0.313 e. The molecule has 2 heterocycles. The van der Waals surface area contributed by atoms with Crippen molar-refractivity contribution in [2.75, 3.05) is 11.6 Å². The highest BCUT2D eigenvalue weighted by Gasteiger charge is 2.17. The fourth-order valence-corrected chi connectivity index (χ4v) is 2.32. The molecule has 2 rings (SSSR count). The number of carbonyl (C=O) groups is 1. The smallest absolute Gasteiger partial charge is 0.313 e. The second-order valence-electron chi connectivity index (χ2n) is 4.05. The molecule has 0 spiro atoms. The van der Waals surface area contributed by atoms with E-state index in [1.165, 1.54) is 4.68 Å². The van der Waals surface area contributed by atoms with Gasteiger partial charge in [0, 0.05) is 6.54 Å². The van der Waals surface area contributed by atoms with E-state index >= 15 is 0 Å². The Bertz CT molecular complexity index is 620. The average molecular weight is 296 g/mol. The number of carboxylic acids is 1. The molecule has 2 aromatic rings. The van der Waals surface area contributed by atoms with Gasteiger partial charge in [0.05, 0.1) is 11.4 Å². The highest BCUT2D eigenvalue weighted by Crippen LogP contribution is 2.22. The van der Waals surface area contributed by atoms with Gasteiger partial charge in [-0.3, -0.25) is 9.48 Å². The second-order valence-corrected chi connectivity index (χ2v) is 4.99. The molecule has 0 aliphatic heterocycles. The lowest BCUT2D eigenvalue weighted by Gasteiger charge is -2.04. The lowest BCUT2D eigenvalue weighted by Crippen LogP contribution is -2.14. The summed E-state index contributed by atoms with van der Waals surface area (Å²) in [5.41, 5.74) is 1.73. The third-order valence-electron chi connectivity index (χ3n) is 2.71. The van der Waals surface area contributed by atoms with Crippen molar-refractivity contribution in [3.8, 4) is 11.5 Å². The van der Waals surface area contributed by atoms with Crippen LogP contribution in [0.5, 0.6) is 0 Å². The molecule has 3 N–H and O–H groups in total. The van der Waals surface area contributed by atoms with Crippen molar-refractivity contribution in [3.05, 3.63) is 11.8 Å². The largest absolute Gasteiger partial charge is 0.481 e. The van der Waals surface area contributed by atoms with E-state index in [1.807, 2.05) is 19.9 Å². The summed E-state index contributed by atoms with van der Waals surface area (Å²) in [6, 6.07) is 1.92. The molecule has 0 fully saturated rings. The van der Waals surface area contributed by atoms with Crippen LogP contribution in [0.4, 0.5) is 0 Å². The summed E-state index contributed by atoms with van der Waals surface area (Å²) in [5, 5.41) is 21.4. The molecule has 0 bridgehead atoms. The van der Waals surface area contributed by atoms with E-state index in [2.05, 4.69) is 15.3 Å². The topological polar surface area (TPSA) is 112 Å². The standard InChI is InChI=1S/C11H16N6O2S/c1-3-7-5-8(16(4-2)15-7)10-13-14-11(17(10)12)20-6-9(18)19/h5H,3-4,6,12H2,1-2H3,(H,18,19). The van der Waals surface area contributed by atoms with Gasteiger partial charge in [0.2, 0.25) is 11.0 Å². The molecule has 0 saturated heterocycles. The van der Waals surface area contributed by atoms with Crippen LogP contribution in [0.3, 0.4) is 0 Å². The molecule has 20 heavy (non-hydrogen) atoms. The molecule has 0 unspecified atom stereocenters. The van der Waals surface area contributed by atoms with Gasteiger partial charge in [-0.05, 0) is 19.4 Å². The second kappa shape index (κ2) is 5.95. The Morgan fingerprint density at radius 2 is 2.20 bits per heavy atom. The van der Waals surface area contributed by atoms with Crippen molar-refractivity contribution in [1.82, 2.24) is 24.7 Å². The quantitative estimate of drug-likeness (QED) is 0.593. The molecule has 108 valence electrons. The van der Waals surface area contributed by atoms with Crippen molar-refractivity contribution < 1.29 is 9.90 Å². The highest BCUT2D eigenvalue weighted by atomic mass is 32.2. The molecule has 0 radical (unpaired) electrons. The first-order chi connectivity index (χ1) is 9.56. The molecule has 0 aliphatic rings. The SMILES string of the molecule is CCc1cc(-c2nnc(SCC(=O)O)n2N)n(CC)n1. The Morgan fingerprint density at radius 1 is 1.45 bits per heavy atom. The van der Waals surface area contributed by atoms with Crippen molar-refractivity contribution in [3.63, 3.8) is 0 Å². The summed E-state index contributed by atoms with van der Waals surface area (Å²) < 4.78 is 3.11. The van der Waals surface area contributed by atoms with Crippen LogP contribution in [0.15, 0.2) is 11.2 Å². The van der Waals surface area contributed by atoms with Gasteiger partial charge in [-0.15, -0.1) is 10.2 Å². The predicted octanol–water partition coefficient (Wildman–Crippen LogP) is 0.614. The molecule has 0 aliphatic carbocycles. The van der Waals surface area contributed by atoms with Crippen LogP contribution in [0.2, 0.25) is 0 Å². The van der Waals surface area contributed by atoms with Crippen molar-refractivity contribution in [1.29, 1.82) is 0 Å². The fraction of sp³-hybridized carbons (Fsp3) is 0.455. The maximum atomic E-state index is 10.6. The molecule has 8 nitrogen and oxygen atoms in total. The zero-order valence-electron chi connectivity index (χ0n) is 11.3. The normalized spacial score (nSPS) is 10.9. The Morgan fingerprint density at radius 3 is 2.80 bits per heavy atom. The van der Waals surface area contributed by atoms with Crippen LogP contribution < -0.4 is 5.84 Å². The number of rotatable bonds is 6. The van der Waals surface area contributed by atoms with Gasteiger partial charge in [0.15, 0.2) is 0 Å². The molecular weight excluding hydrogens is 280 g/mol. The summed E-state index contributed by atoms with van der Waals surface area (Å²) in [4.78, 5) is 10.6. The van der Waals surface area contributed by atoms with E-state index in [0.717, 1.165) is 29.6 Å². The Balaban J connectivity index is 2.33. The summed E-state index contributed by atoms with van der Waals surface area (Å²) in [6.07, 6.45) is 0.819. The van der Waals surface area contributed by atoms with Crippen LogP contribution in [-0.4, -0.2) is 41.5 Å². The van der Waals surface area contributed by atoms with Crippen molar-refractivity contribution >= 4 is 17.7 Å². The lowest BCUT2D eigenvalue weighted by atomic mass is 10.3. The van der Waals surface area contributed by atoms with Gasteiger partial charge in [-0.1, -0.05) is 18.7 Å². The zero-order valence-corrected chi connectivity index (χ0v) is 12.1. The van der Waals surface area contributed by atoms with Crippen molar-refractivity contribution in [2.24, 2.45) is 0 Å². The summed E-state index contributed by atoms with van der Waals surface area (Å²) >= 11 is 1.03.